The Labute approximate surface area is 225 Å². The first-order valence-corrected chi connectivity index (χ1v) is 12.6. The zero-order valence-electron chi connectivity index (χ0n) is 21.0. The van der Waals surface area contributed by atoms with Gasteiger partial charge in [0.15, 0.2) is 0 Å². The van der Waals surface area contributed by atoms with E-state index in [1.165, 1.54) is 18.2 Å². The van der Waals surface area contributed by atoms with Gasteiger partial charge in [0, 0.05) is 11.6 Å². The molecule has 0 fully saturated rings. The van der Waals surface area contributed by atoms with E-state index >= 15 is 0 Å². The van der Waals surface area contributed by atoms with Crippen molar-refractivity contribution >= 4 is 28.9 Å². The largest absolute Gasteiger partial charge is 0.460 e. The van der Waals surface area contributed by atoms with Gasteiger partial charge >= 0.3 is 12.1 Å². The Morgan fingerprint density at radius 1 is 0.711 bits per heavy atom. The van der Waals surface area contributed by atoms with Crippen LogP contribution in [0, 0.1) is 0 Å². The van der Waals surface area contributed by atoms with Crippen LogP contribution >= 0.6 is 11.6 Å². The van der Waals surface area contributed by atoms with Crippen molar-refractivity contribution in [2.45, 2.75) is 6.18 Å². The molecule has 0 aliphatic carbocycles. The molecular weight excluding hydrogens is 531 g/mol. The van der Waals surface area contributed by atoms with Crippen molar-refractivity contribution in [3.63, 3.8) is 0 Å². The lowest BCUT2D eigenvalue weighted by molar-refractivity contribution is -0.137. The highest BCUT2D eigenvalue weighted by Crippen LogP contribution is 2.32. The maximum atomic E-state index is 13.0. The Hall–Kier alpha value is -2.41. The molecule has 0 aliphatic heterocycles. The van der Waals surface area contributed by atoms with E-state index < -0.39 is 17.7 Å². The van der Waals surface area contributed by atoms with Crippen molar-refractivity contribution in [1.82, 2.24) is 0 Å². The number of rotatable bonds is 20. The lowest BCUT2D eigenvalue weighted by Crippen LogP contribution is -2.15. The van der Waals surface area contributed by atoms with Crippen molar-refractivity contribution in [3.8, 4) is 0 Å². The molecule has 2 aromatic rings. The normalized spacial score (nSPS) is 11.5. The van der Waals surface area contributed by atoms with Crippen LogP contribution in [-0.2, 0) is 34.6 Å². The van der Waals surface area contributed by atoms with Crippen LogP contribution < -0.4 is 5.32 Å². The summed E-state index contributed by atoms with van der Waals surface area (Å²) in [5, 5.41) is 2.85. The molecule has 0 aromatic heterocycles. The molecule has 0 radical (unpaired) electrons. The summed E-state index contributed by atoms with van der Waals surface area (Å²) in [5.41, 5.74) is -0.0672. The number of nitrogens with one attached hydrogen (secondary N) is 1. The summed E-state index contributed by atoms with van der Waals surface area (Å²) in [5.74, 6) is -0.157. The van der Waals surface area contributed by atoms with E-state index in [4.69, 9.17) is 40.0 Å². The molecule has 12 heteroatoms. The number of esters is 1. The van der Waals surface area contributed by atoms with Gasteiger partial charge in [-0.1, -0.05) is 18.2 Å². The van der Waals surface area contributed by atoms with E-state index in [0.29, 0.717) is 71.0 Å². The van der Waals surface area contributed by atoms with Gasteiger partial charge in [0.1, 0.15) is 6.61 Å². The fourth-order valence-electron chi connectivity index (χ4n) is 3.01. The van der Waals surface area contributed by atoms with Crippen LogP contribution in [0.2, 0.25) is 0 Å². The second-order valence-corrected chi connectivity index (χ2v) is 8.01. The predicted octanol–water partition coefficient (Wildman–Crippen LogP) is 4.93. The van der Waals surface area contributed by atoms with Crippen molar-refractivity contribution in [2.75, 3.05) is 83.9 Å². The average Bonchev–Trinajstić information content (AvgIpc) is 2.90. The number of hydrogen-bond donors (Lipinski definition) is 1. The number of halogens is 4. The third-order valence-corrected chi connectivity index (χ3v) is 4.94. The van der Waals surface area contributed by atoms with Gasteiger partial charge in [-0.05, 0) is 30.3 Å². The number of benzene rings is 2. The first-order valence-electron chi connectivity index (χ1n) is 12.1. The Kier molecular flexibility index (Phi) is 15.7. The van der Waals surface area contributed by atoms with Crippen molar-refractivity contribution in [1.29, 1.82) is 0 Å². The van der Waals surface area contributed by atoms with Crippen molar-refractivity contribution in [3.05, 3.63) is 59.7 Å². The van der Waals surface area contributed by atoms with Crippen LogP contribution in [0.1, 0.15) is 15.9 Å². The fourth-order valence-corrected chi connectivity index (χ4v) is 3.12. The smallest absolute Gasteiger partial charge is 0.416 e. The quantitative estimate of drug-likeness (QED) is 0.138. The summed E-state index contributed by atoms with van der Waals surface area (Å²) in [6, 6.07) is 11.1. The minimum atomic E-state index is -4.47. The van der Waals surface area contributed by atoms with E-state index in [-0.39, 0.29) is 24.5 Å². The van der Waals surface area contributed by atoms with E-state index in [1.807, 2.05) is 0 Å². The molecule has 0 saturated heterocycles. The summed E-state index contributed by atoms with van der Waals surface area (Å²) in [6.07, 6.45) is -4.47. The molecule has 0 aliphatic rings. The molecule has 0 bridgehead atoms. The van der Waals surface area contributed by atoms with Gasteiger partial charge in [-0.15, -0.1) is 11.6 Å². The molecule has 212 valence electrons. The number of alkyl halides is 4. The van der Waals surface area contributed by atoms with Gasteiger partial charge in [-0.3, -0.25) is 0 Å². The highest BCUT2D eigenvalue weighted by Gasteiger charge is 2.30. The summed E-state index contributed by atoms with van der Waals surface area (Å²) < 4.78 is 70.8. The van der Waals surface area contributed by atoms with Gasteiger partial charge in [0.05, 0.1) is 82.9 Å². The summed E-state index contributed by atoms with van der Waals surface area (Å²) in [6.45, 7) is 4.12. The second-order valence-electron chi connectivity index (χ2n) is 7.64. The number of hydrogen-bond acceptors (Lipinski definition) is 8. The molecule has 0 spiro atoms. The van der Waals surface area contributed by atoms with Crippen molar-refractivity contribution < 1.29 is 46.4 Å². The minimum absolute atomic E-state index is 0.0107. The molecule has 0 heterocycles. The third-order valence-electron chi connectivity index (χ3n) is 4.79. The molecule has 2 aromatic carbocycles. The first-order chi connectivity index (χ1) is 18.4. The topological polar surface area (TPSA) is 84.5 Å². The number of para-hydroxylation sites is 1. The molecule has 8 nitrogen and oxygen atoms in total. The molecule has 2 rings (SSSR count). The molecule has 0 amide bonds. The van der Waals surface area contributed by atoms with Gasteiger partial charge < -0.3 is 33.7 Å². The van der Waals surface area contributed by atoms with Crippen LogP contribution in [0.15, 0.2) is 48.5 Å². The lowest BCUT2D eigenvalue weighted by Gasteiger charge is -2.13. The Bertz CT molecular complexity index is 934. The van der Waals surface area contributed by atoms with Crippen LogP contribution in [0.4, 0.5) is 24.5 Å². The fraction of sp³-hybridized carbons (Fsp3) is 0.500. The predicted molar refractivity (Wildman–Crippen MR) is 136 cm³/mol. The molecule has 0 atom stereocenters. The monoisotopic (exact) mass is 563 g/mol. The average molecular weight is 564 g/mol. The molecule has 0 unspecified atom stereocenters. The Balaban J connectivity index is 1.55. The Morgan fingerprint density at radius 2 is 1.24 bits per heavy atom. The molecule has 0 saturated carbocycles. The van der Waals surface area contributed by atoms with E-state index in [2.05, 4.69) is 5.32 Å². The number of carbonyl (C=O) groups is 1. The molecule has 1 N–H and O–H groups in total. The van der Waals surface area contributed by atoms with Gasteiger partial charge in [0.25, 0.3) is 0 Å². The van der Waals surface area contributed by atoms with Crippen LogP contribution in [0.25, 0.3) is 0 Å². The zero-order chi connectivity index (χ0) is 27.5. The van der Waals surface area contributed by atoms with E-state index in [9.17, 15) is 18.0 Å². The van der Waals surface area contributed by atoms with Gasteiger partial charge in [-0.25, -0.2) is 4.79 Å². The maximum Gasteiger partial charge on any atom is 0.416 e. The first kappa shape index (κ1) is 31.8. The number of anilines is 2. The second kappa shape index (κ2) is 18.8. The minimum Gasteiger partial charge on any atom is -0.460 e. The number of ether oxygens (including phenoxy) is 6. The van der Waals surface area contributed by atoms with Crippen LogP contribution in [-0.4, -0.2) is 84.5 Å². The van der Waals surface area contributed by atoms with Gasteiger partial charge in [0.2, 0.25) is 0 Å². The third kappa shape index (κ3) is 13.4. The van der Waals surface area contributed by atoms with Crippen LogP contribution in [0.5, 0.6) is 0 Å². The molecule has 38 heavy (non-hydrogen) atoms. The molecular formula is C26H33ClF3NO7. The van der Waals surface area contributed by atoms with Gasteiger partial charge in [-0.2, -0.15) is 13.2 Å². The Morgan fingerprint density at radius 3 is 1.79 bits per heavy atom. The van der Waals surface area contributed by atoms with Crippen LogP contribution in [0.3, 0.4) is 0 Å². The maximum absolute atomic E-state index is 13.0. The van der Waals surface area contributed by atoms with E-state index in [1.54, 1.807) is 18.2 Å². The highest BCUT2D eigenvalue weighted by molar-refractivity contribution is 6.17. The zero-order valence-corrected chi connectivity index (χ0v) is 21.7. The summed E-state index contributed by atoms with van der Waals surface area (Å²) in [4.78, 5) is 12.5. The van der Waals surface area contributed by atoms with E-state index in [0.717, 1.165) is 12.1 Å². The summed E-state index contributed by atoms with van der Waals surface area (Å²) in [7, 11) is 0. The van der Waals surface area contributed by atoms with Crippen molar-refractivity contribution in [2.24, 2.45) is 0 Å². The summed E-state index contributed by atoms with van der Waals surface area (Å²) >= 11 is 5.49. The standard InChI is InChI=1S/C26H33ClF3NO7/c27-8-9-33-10-11-34-12-13-35-14-15-36-16-17-37-18-19-38-25(32)23-6-1-2-7-24(23)31-22-5-3-4-21(20-22)26(28,29)30/h1-7,20,31H,8-19H2. The lowest BCUT2D eigenvalue weighted by atomic mass is 10.1. The number of carbonyl (C=O) groups excluding carboxylic acids is 1. The highest BCUT2D eigenvalue weighted by atomic mass is 35.5. The SMILES string of the molecule is O=C(OCCOCCOCCOCCOCCOCCCl)c1ccccc1Nc1cccc(C(F)(F)F)c1.